The molecule has 35 heavy (non-hydrogen) atoms. The Kier molecular flexibility index (Phi) is 9.41. The standard InChI is InChI=1S/C25H30FN5O3S/c1-31(2)13-5-3-4-12-30-35(33,34)23-11-6-8-19(14-23)16-29-25(32)21-17-27-24(28-18-21)20-9-7-10-22(26)15-20/h6-11,14-15,17-18,30H,3-5,12-13,16H2,1-2H3,(H,29,32). The van der Waals surface area contributed by atoms with Crippen molar-refractivity contribution in [2.45, 2.75) is 30.7 Å². The highest BCUT2D eigenvalue weighted by Crippen LogP contribution is 2.16. The second-order valence-corrected chi connectivity index (χ2v) is 10.2. The molecule has 3 rings (SSSR count). The lowest BCUT2D eigenvalue weighted by molar-refractivity contribution is 0.0950. The average molecular weight is 500 g/mol. The number of nitrogens with one attached hydrogen (secondary N) is 2. The molecule has 0 aliphatic heterocycles. The van der Waals surface area contributed by atoms with Crippen molar-refractivity contribution in [3.05, 3.63) is 77.9 Å². The quantitative estimate of drug-likeness (QED) is 0.371. The SMILES string of the molecule is CN(C)CCCCCNS(=O)(=O)c1cccc(CNC(=O)c2cnc(-c3cccc(F)c3)nc2)c1. The van der Waals surface area contributed by atoms with Crippen molar-refractivity contribution < 1.29 is 17.6 Å². The molecule has 1 heterocycles. The van der Waals surface area contributed by atoms with Crippen LogP contribution in [0.25, 0.3) is 11.4 Å². The highest BCUT2D eigenvalue weighted by Gasteiger charge is 2.14. The van der Waals surface area contributed by atoms with Crippen molar-refractivity contribution in [3.8, 4) is 11.4 Å². The lowest BCUT2D eigenvalue weighted by Crippen LogP contribution is -2.26. The molecular weight excluding hydrogens is 469 g/mol. The van der Waals surface area contributed by atoms with Gasteiger partial charge in [0.15, 0.2) is 5.82 Å². The fraction of sp³-hybridized carbons (Fsp3) is 0.320. The van der Waals surface area contributed by atoms with Gasteiger partial charge in [0.1, 0.15) is 5.82 Å². The Morgan fingerprint density at radius 2 is 1.74 bits per heavy atom. The van der Waals surface area contributed by atoms with Crippen LogP contribution in [0.3, 0.4) is 0 Å². The minimum Gasteiger partial charge on any atom is -0.348 e. The van der Waals surface area contributed by atoms with Gasteiger partial charge in [0.05, 0.1) is 10.5 Å². The number of aromatic nitrogens is 2. The molecule has 0 fully saturated rings. The molecule has 3 aromatic rings. The van der Waals surface area contributed by atoms with Crippen LogP contribution in [-0.2, 0) is 16.6 Å². The number of halogens is 1. The summed E-state index contributed by atoms with van der Waals surface area (Å²) in [5.41, 5.74) is 1.39. The molecule has 0 spiro atoms. The lowest BCUT2D eigenvalue weighted by atomic mass is 10.2. The summed E-state index contributed by atoms with van der Waals surface area (Å²) in [5.74, 6) is -0.489. The van der Waals surface area contributed by atoms with Crippen LogP contribution in [0.5, 0.6) is 0 Å². The van der Waals surface area contributed by atoms with Crippen molar-refractivity contribution >= 4 is 15.9 Å². The average Bonchev–Trinajstić information content (AvgIpc) is 2.85. The monoisotopic (exact) mass is 499 g/mol. The van der Waals surface area contributed by atoms with Gasteiger partial charge in [-0.3, -0.25) is 4.79 Å². The first-order chi connectivity index (χ1) is 16.7. The smallest absolute Gasteiger partial charge is 0.254 e. The number of rotatable bonds is 12. The van der Waals surface area contributed by atoms with E-state index in [1.165, 1.54) is 36.7 Å². The van der Waals surface area contributed by atoms with E-state index in [0.29, 0.717) is 23.5 Å². The van der Waals surface area contributed by atoms with Gasteiger partial charge in [0.25, 0.3) is 5.91 Å². The Morgan fingerprint density at radius 3 is 2.46 bits per heavy atom. The second-order valence-electron chi connectivity index (χ2n) is 8.40. The largest absolute Gasteiger partial charge is 0.348 e. The molecular formula is C25H30FN5O3S. The van der Waals surface area contributed by atoms with E-state index in [-0.39, 0.29) is 17.0 Å². The molecule has 0 saturated heterocycles. The van der Waals surface area contributed by atoms with E-state index in [9.17, 15) is 17.6 Å². The Morgan fingerprint density at radius 1 is 1.00 bits per heavy atom. The van der Waals surface area contributed by atoms with Gasteiger partial charge in [-0.15, -0.1) is 0 Å². The maximum atomic E-state index is 13.4. The number of benzene rings is 2. The third-order valence-corrected chi connectivity index (χ3v) is 6.69. The van der Waals surface area contributed by atoms with E-state index >= 15 is 0 Å². The van der Waals surface area contributed by atoms with Gasteiger partial charge in [-0.25, -0.2) is 27.5 Å². The van der Waals surface area contributed by atoms with Crippen LogP contribution in [0.15, 0.2) is 65.8 Å². The maximum Gasteiger partial charge on any atom is 0.254 e. The number of hydrogen-bond acceptors (Lipinski definition) is 6. The number of unbranched alkanes of at least 4 members (excludes halogenated alkanes) is 2. The molecule has 0 radical (unpaired) electrons. The van der Waals surface area contributed by atoms with Crippen LogP contribution in [-0.4, -0.2) is 56.4 Å². The first kappa shape index (κ1) is 26.4. The Bertz CT molecular complexity index is 1230. The summed E-state index contributed by atoms with van der Waals surface area (Å²) in [5, 5.41) is 2.74. The first-order valence-electron chi connectivity index (χ1n) is 11.3. The van der Waals surface area contributed by atoms with E-state index in [4.69, 9.17) is 0 Å². The zero-order valence-corrected chi connectivity index (χ0v) is 20.7. The molecule has 8 nitrogen and oxygen atoms in total. The van der Waals surface area contributed by atoms with E-state index in [1.807, 2.05) is 14.1 Å². The van der Waals surface area contributed by atoms with E-state index in [0.717, 1.165) is 25.8 Å². The lowest BCUT2D eigenvalue weighted by Gasteiger charge is -2.11. The van der Waals surface area contributed by atoms with Crippen molar-refractivity contribution in [2.75, 3.05) is 27.2 Å². The molecule has 0 atom stereocenters. The number of carbonyl (C=O) groups excluding carboxylic acids is 1. The highest BCUT2D eigenvalue weighted by molar-refractivity contribution is 7.89. The van der Waals surface area contributed by atoms with Gasteiger partial charge >= 0.3 is 0 Å². The molecule has 10 heteroatoms. The van der Waals surface area contributed by atoms with Gasteiger partial charge < -0.3 is 10.2 Å². The fourth-order valence-electron chi connectivity index (χ4n) is 3.35. The Labute approximate surface area is 205 Å². The highest BCUT2D eigenvalue weighted by atomic mass is 32.2. The van der Waals surface area contributed by atoms with E-state index in [1.54, 1.807) is 24.3 Å². The molecule has 1 aromatic heterocycles. The zero-order chi connectivity index (χ0) is 25.3. The van der Waals surface area contributed by atoms with Gasteiger partial charge in [0.2, 0.25) is 10.0 Å². The minimum absolute atomic E-state index is 0.137. The van der Waals surface area contributed by atoms with Crippen molar-refractivity contribution in [3.63, 3.8) is 0 Å². The molecule has 2 aromatic carbocycles. The maximum absolute atomic E-state index is 13.4. The van der Waals surface area contributed by atoms with Gasteiger partial charge in [-0.05, 0) is 63.3 Å². The van der Waals surface area contributed by atoms with Crippen LogP contribution in [0, 0.1) is 5.82 Å². The van der Waals surface area contributed by atoms with E-state index < -0.39 is 21.7 Å². The summed E-state index contributed by atoms with van der Waals surface area (Å²) < 4.78 is 41.2. The summed E-state index contributed by atoms with van der Waals surface area (Å²) in [6.07, 6.45) is 5.46. The predicted molar refractivity (Wildman–Crippen MR) is 133 cm³/mol. The van der Waals surface area contributed by atoms with Crippen LogP contribution >= 0.6 is 0 Å². The van der Waals surface area contributed by atoms with Crippen LogP contribution in [0.1, 0.15) is 35.2 Å². The minimum atomic E-state index is -3.63. The zero-order valence-electron chi connectivity index (χ0n) is 19.9. The second kappa shape index (κ2) is 12.5. The summed E-state index contributed by atoms with van der Waals surface area (Å²) >= 11 is 0. The third-order valence-electron chi connectivity index (χ3n) is 5.23. The summed E-state index contributed by atoms with van der Waals surface area (Å²) in [7, 11) is 0.390. The van der Waals surface area contributed by atoms with Crippen molar-refractivity contribution in [1.29, 1.82) is 0 Å². The first-order valence-corrected chi connectivity index (χ1v) is 12.8. The van der Waals surface area contributed by atoms with E-state index in [2.05, 4.69) is 24.9 Å². The molecule has 186 valence electrons. The van der Waals surface area contributed by atoms with Crippen LogP contribution in [0.2, 0.25) is 0 Å². The molecule has 0 bridgehead atoms. The number of amides is 1. The molecule has 1 amide bonds. The van der Waals surface area contributed by atoms with Gasteiger partial charge in [-0.2, -0.15) is 0 Å². The summed E-state index contributed by atoms with van der Waals surface area (Å²) in [6, 6.07) is 12.3. The Balaban J connectivity index is 1.53. The van der Waals surface area contributed by atoms with Crippen molar-refractivity contribution in [1.82, 2.24) is 24.9 Å². The summed E-state index contributed by atoms with van der Waals surface area (Å²) in [4.78, 5) is 23.0. The van der Waals surface area contributed by atoms with Gasteiger partial charge in [0, 0.05) is 31.0 Å². The molecule has 0 aliphatic carbocycles. The van der Waals surface area contributed by atoms with Crippen LogP contribution < -0.4 is 10.0 Å². The molecule has 0 unspecified atom stereocenters. The number of nitrogens with zero attached hydrogens (tertiary/aromatic N) is 3. The van der Waals surface area contributed by atoms with Crippen molar-refractivity contribution in [2.24, 2.45) is 0 Å². The molecule has 2 N–H and O–H groups in total. The summed E-state index contributed by atoms with van der Waals surface area (Å²) in [6.45, 7) is 1.49. The number of sulfonamides is 1. The van der Waals surface area contributed by atoms with Gasteiger partial charge in [-0.1, -0.05) is 30.7 Å². The number of carbonyl (C=O) groups is 1. The normalized spacial score (nSPS) is 11.5. The third kappa shape index (κ3) is 8.20. The number of hydrogen-bond donors (Lipinski definition) is 2. The van der Waals surface area contributed by atoms with Crippen LogP contribution in [0.4, 0.5) is 4.39 Å². The Hall–Kier alpha value is -3.21. The molecule has 0 saturated carbocycles. The molecule has 0 aliphatic rings. The topological polar surface area (TPSA) is 104 Å². The fourth-order valence-corrected chi connectivity index (χ4v) is 4.49. The predicted octanol–water partition coefficient (Wildman–Crippen LogP) is 3.22.